The van der Waals surface area contributed by atoms with Crippen LogP contribution in [-0.4, -0.2) is 13.6 Å². The molecular formula is C16H25N. The highest BCUT2D eigenvalue weighted by Gasteiger charge is 2.21. The lowest BCUT2D eigenvalue weighted by molar-refractivity contribution is 0.411. The van der Waals surface area contributed by atoms with Crippen LogP contribution in [0.4, 0.5) is 5.69 Å². The quantitative estimate of drug-likeness (QED) is 0.699. The molecule has 17 heavy (non-hydrogen) atoms. The maximum atomic E-state index is 2.43. The van der Waals surface area contributed by atoms with Crippen molar-refractivity contribution in [3.63, 3.8) is 0 Å². The summed E-state index contributed by atoms with van der Waals surface area (Å²) in [5.74, 6) is 0.709. The highest BCUT2D eigenvalue weighted by molar-refractivity contribution is 5.57. The van der Waals surface area contributed by atoms with Crippen LogP contribution < -0.4 is 4.90 Å². The molecule has 0 aromatic heterocycles. The molecule has 0 aliphatic carbocycles. The van der Waals surface area contributed by atoms with E-state index in [-0.39, 0.29) is 0 Å². The molecule has 1 nitrogen and oxygen atoms in total. The van der Waals surface area contributed by atoms with Crippen molar-refractivity contribution >= 4 is 5.69 Å². The third kappa shape index (κ3) is 2.83. The highest BCUT2D eigenvalue weighted by Crippen LogP contribution is 2.35. The Morgan fingerprint density at radius 1 is 1.29 bits per heavy atom. The summed E-state index contributed by atoms with van der Waals surface area (Å²) >= 11 is 0. The van der Waals surface area contributed by atoms with Gasteiger partial charge in [0.2, 0.25) is 0 Å². The number of anilines is 1. The van der Waals surface area contributed by atoms with Crippen molar-refractivity contribution in [3.05, 3.63) is 29.3 Å². The second kappa shape index (κ2) is 4.36. The minimum absolute atomic E-state index is 0.373. The fraction of sp³-hybridized carbons (Fsp3) is 0.625. The number of rotatable bonds is 1. The Balaban J connectivity index is 2.32. The maximum Gasteiger partial charge on any atom is 0.0399 e. The Kier molecular flexibility index (Phi) is 3.20. The van der Waals surface area contributed by atoms with Crippen LogP contribution >= 0.6 is 0 Å². The van der Waals surface area contributed by atoms with E-state index in [4.69, 9.17) is 0 Å². The van der Waals surface area contributed by atoms with Crippen molar-refractivity contribution in [2.24, 2.45) is 5.41 Å². The van der Waals surface area contributed by atoms with Crippen LogP contribution in [0.25, 0.3) is 0 Å². The Labute approximate surface area is 106 Å². The van der Waals surface area contributed by atoms with Gasteiger partial charge in [0, 0.05) is 19.3 Å². The molecule has 0 amide bonds. The largest absolute Gasteiger partial charge is 0.374 e. The monoisotopic (exact) mass is 231 g/mol. The van der Waals surface area contributed by atoms with E-state index < -0.39 is 0 Å². The van der Waals surface area contributed by atoms with Crippen molar-refractivity contribution in [2.75, 3.05) is 18.5 Å². The zero-order chi connectivity index (χ0) is 12.6. The molecular weight excluding hydrogens is 206 g/mol. The van der Waals surface area contributed by atoms with Crippen LogP contribution in [0.15, 0.2) is 18.2 Å². The fourth-order valence-corrected chi connectivity index (χ4v) is 2.73. The van der Waals surface area contributed by atoms with Crippen LogP contribution in [-0.2, 0) is 6.42 Å². The predicted octanol–water partition coefficient (Wildman–Crippen LogP) is 4.22. The summed E-state index contributed by atoms with van der Waals surface area (Å²) in [6, 6.07) is 7.05. The number of fused-ring (bicyclic) bond motifs is 1. The Bertz CT molecular complexity index is 400. The van der Waals surface area contributed by atoms with Crippen LogP contribution in [0.2, 0.25) is 0 Å². The second-order valence-electron chi connectivity index (χ2n) is 6.74. The molecule has 94 valence electrons. The maximum absolute atomic E-state index is 2.43. The van der Waals surface area contributed by atoms with Gasteiger partial charge in [-0.05, 0) is 41.4 Å². The number of benzene rings is 1. The summed E-state index contributed by atoms with van der Waals surface area (Å²) in [5.41, 5.74) is 4.83. The van der Waals surface area contributed by atoms with E-state index in [1.165, 1.54) is 24.2 Å². The van der Waals surface area contributed by atoms with Crippen molar-refractivity contribution < 1.29 is 0 Å². The van der Waals surface area contributed by atoms with E-state index in [0.29, 0.717) is 11.3 Å². The van der Waals surface area contributed by atoms with E-state index in [1.807, 2.05) is 0 Å². The van der Waals surface area contributed by atoms with E-state index in [9.17, 15) is 0 Å². The van der Waals surface area contributed by atoms with E-state index in [2.05, 4.69) is 57.8 Å². The molecule has 0 saturated heterocycles. The van der Waals surface area contributed by atoms with Crippen LogP contribution in [0.1, 0.15) is 51.2 Å². The molecule has 1 aliphatic heterocycles. The van der Waals surface area contributed by atoms with Crippen molar-refractivity contribution in [1.82, 2.24) is 0 Å². The van der Waals surface area contributed by atoms with Gasteiger partial charge in [-0.25, -0.2) is 0 Å². The van der Waals surface area contributed by atoms with Crippen molar-refractivity contribution in [1.29, 1.82) is 0 Å². The SMILES string of the molecule is CC1CCN(C)c2ccc(CC(C)(C)C)cc21. The summed E-state index contributed by atoms with van der Waals surface area (Å²) in [6.45, 7) is 10.5. The minimum atomic E-state index is 0.373. The molecule has 0 fully saturated rings. The van der Waals surface area contributed by atoms with Crippen LogP contribution in [0, 0.1) is 5.41 Å². The topological polar surface area (TPSA) is 3.24 Å². The molecule has 1 heterocycles. The summed E-state index contributed by atoms with van der Waals surface area (Å²) in [4.78, 5) is 2.39. The summed E-state index contributed by atoms with van der Waals surface area (Å²) in [6.07, 6.45) is 2.44. The van der Waals surface area contributed by atoms with Gasteiger partial charge in [-0.2, -0.15) is 0 Å². The third-order valence-electron chi connectivity index (χ3n) is 3.67. The van der Waals surface area contributed by atoms with Crippen molar-refractivity contribution in [3.8, 4) is 0 Å². The van der Waals surface area contributed by atoms with Crippen LogP contribution in [0.5, 0.6) is 0 Å². The average molecular weight is 231 g/mol. The molecule has 1 aromatic rings. The first-order chi connectivity index (χ1) is 7.87. The fourth-order valence-electron chi connectivity index (χ4n) is 2.73. The molecule has 0 bridgehead atoms. The van der Waals surface area contributed by atoms with Gasteiger partial charge in [-0.1, -0.05) is 39.8 Å². The molecule has 1 atom stereocenters. The van der Waals surface area contributed by atoms with Gasteiger partial charge in [0.15, 0.2) is 0 Å². The summed E-state index contributed by atoms with van der Waals surface area (Å²) in [7, 11) is 2.20. The molecule has 0 saturated carbocycles. The van der Waals surface area contributed by atoms with Gasteiger partial charge in [0.25, 0.3) is 0 Å². The second-order valence-corrected chi connectivity index (χ2v) is 6.74. The number of hydrogen-bond donors (Lipinski definition) is 0. The molecule has 0 spiro atoms. The molecule has 0 radical (unpaired) electrons. The van der Waals surface area contributed by atoms with Gasteiger partial charge >= 0.3 is 0 Å². The van der Waals surface area contributed by atoms with Gasteiger partial charge in [0.05, 0.1) is 0 Å². The highest BCUT2D eigenvalue weighted by atomic mass is 15.1. The Morgan fingerprint density at radius 2 is 2.00 bits per heavy atom. The third-order valence-corrected chi connectivity index (χ3v) is 3.67. The number of hydrogen-bond acceptors (Lipinski definition) is 1. The van der Waals surface area contributed by atoms with Gasteiger partial charge in [-0.15, -0.1) is 0 Å². The normalized spacial score (nSPS) is 20.3. The lowest BCUT2D eigenvalue weighted by Gasteiger charge is -2.32. The Hall–Kier alpha value is -0.980. The molecule has 1 unspecified atom stereocenters. The van der Waals surface area contributed by atoms with Gasteiger partial charge < -0.3 is 4.90 Å². The first kappa shape index (κ1) is 12.5. The zero-order valence-electron chi connectivity index (χ0n) is 11.9. The van der Waals surface area contributed by atoms with E-state index >= 15 is 0 Å². The van der Waals surface area contributed by atoms with Gasteiger partial charge in [0.1, 0.15) is 0 Å². The van der Waals surface area contributed by atoms with Crippen molar-refractivity contribution in [2.45, 2.75) is 46.5 Å². The smallest absolute Gasteiger partial charge is 0.0399 e. The summed E-state index contributed by atoms with van der Waals surface area (Å²) in [5, 5.41) is 0. The first-order valence-electron chi connectivity index (χ1n) is 6.71. The molecule has 1 aromatic carbocycles. The predicted molar refractivity (Wildman–Crippen MR) is 75.9 cm³/mol. The number of nitrogens with zero attached hydrogens (tertiary/aromatic N) is 1. The van der Waals surface area contributed by atoms with E-state index in [1.54, 1.807) is 5.56 Å². The first-order valence-corrected chi connectivity index (χ1v) is 6.71. The lowest BCUT2D eigenvalue weighted by atomic mass is 9.84. The van der Waals surface area contributed by atoms with Gasteiger partial charge in [-0.3, -0.25) is 0 Å². The molecule has 1 aliphatic rings. The standard InChI is InChI=1S/C16H25N/c1-12-8-9-17(5)15-7-6-13(10-14(12)15)11-16(2,3)4/h6-7,10,12H,8-9,11H2,1-5H3. The Morgan fingerprint density at radius 3 is 2.65 bits per heavy atom. The minimum Gasteiger partial charge on any atom is -0.374 e. The van der Waals surface area contributed by atoms with Crippen LogP contribution in [0.3, 0.4) is 0 Å². The molecule has 0 N–H and O–H groups in total. The summed E-state index contributed by atoms with van der Waals surface area (Å²) < 4.78 is 0. The molecule has 1 heteroatoms. The lowest BCUT2D eigenvalue weighted by Crippen LogP contribution is -2.26. The van der Waals surface area contributed by atoms with E-state index in [0.717, 1.165) is 6.42 Å². The molecule has 2 rings (SSSR count). The average Bonchev–Trinajstić information content (AvgIpc) is 2.21. The zero-order valence-corrected chi connectivity index (χ0v) is 11.9.